The quantitative estimate of drug-likeness (QED) is 0.759. The first-order valence-corrected chi connectivity index (χ1v) is 5.46. The van der Waals surface area contributed by atoms with Crippen LogP contribution in [0.4, 0.5) is 5.82 Å². The van der Waals surface area contributed by atoms with Gasteiger partial charge in [0.25, 0.3) is 0 Å². The normalized spacial score (nSPS) is 15.9. The van der Waals surface area contributed by atoms with Crippen molar-refractivity contribution in [2.24, 2.45) is 0 Å². The highest BCUT2D eigenvalue weighted by Crippen LogP contribution is 2.20. The number of pyridine rings is 2. The van der Waals surface area contributed by atoms with Gasteiger partial charge in [0, 0.05) is 18.1 Å². The van der Waals surface area contributed by atoms with Crippen LogP contribution >= 0.6 is 11.6 Å². The number of hydrogen-bond acceptors (Lipinski definition) is 4. The summed E-state index contributed by atoms with van der Waals surface area (Å²) < 4.78 is 5.29. The lowest BCUT2D eigenvalue weighted by molar-refractivity contribution is 0.201. The van der Waals surface area contributed by atoms with E-state index < -0.39 is 0 Å². The topological polar surface area (TPSA) is 38.2 Å². The molecule has 1 fully saturated rings. The number of rotatable bonds is 1. The summed E-state index contributed by atoms with van der Waals surface area (Å²) in [7, 11) is 0. The van der Waals surface area contributed by atoms with Gasteiger partial charge in [-0.2, -0.15) is 0 Å². The van der Waals surface area contributed by atoms with Gasteiger partial charge in [-0.15, -0.1) is 0 Å². The summed E-state index contributed by atoms with van der Waals surface area (Å²) in [5, 5.41) is 1.59. The molecule has 0 amide bonds. The second kappa shape index (κ2) is 3.88. The summed E-state index contributed by atoms with van der Waals surface area (Å²) in [5.74, 6) is 0.903. The van der Waals surface area contributed by atoms with Gasteiger partial charge in [0.2, 0.25) is 0 Å². The Morgan fingerprint density at radius 2 is 2.31 bits per heavy atom. The molecular formula is C11H10ClN3O. The predicted octanol–water partition coefficient (Wildman–Crippen LogP) is 2.08. The summed E-state index contributed by atoms with van der Waals surface area (Å²) in [6.07, 6.45) is 1.61. The van der Waals surface area contributed by atoms with Gasteiger partial charge in [0.05, 0.1) is 11.6 Å². The molecule has 0 spiro atoms. The fraction of sp³-hybridized carbons (Fsp3) is 0.273. The molecule has 0 aromatic carbocycles. The largest absolute Gasteiger partial charge is 0.359 e. The van der Waals surface area contributed by atoms with Crippen molar-refractivity contribution in [3.8, 4) is 0 Å². The van der Waals surface area contributed by atoms with Crippen LogP contribution in [0.15, 0.2) is 24.4 Å². The summed E-state index contributed by atoms with van der Waals surface area (Å²) in [6, 6.07) is 5.81. The first-order valence-electron chi connectivity index (χ1n) is 5.08. The molecule has 0 radical (unpaired) electrons. The van der Waals surface area contributed by atoms with E-state index in [9.17, 15) is 0 Å². The minimum atomic E-state index is 0.603. The zero-order chi connectivity index (χ0) is 11.0. The summed E-state index contributed by atoms with van der Waals surface area (Å²) >= 11 is 5.86. The number of halogens is 1. The molecule has 5 heteroatoms. The minimum Gasteiger partial charge on any atom is -0.359 e. The van der Waals surface area contributed by atoms with E-state index >= 15 is 0 Å². The second-order valence-electron chi connectivity index (χ2n) is 3.67. The number of anilines is 1. The molecule has 0 N–H and O–H groups in total. The SMILES string of the molecule is Clc1cnc2nc(N3CCOC3)ccc2c1. The van der Waals surface area contributed by atoms with Crippen molar-refractivity contribution >= 4 is 28.5 Å². The summed E-state index contributed by atoms with van der Waals surface area (Å²) in [5.41, 5.74) is 0.716. The van der Waals surface area contributed by atoms with Crippen LogP contribution in [-0.2, 0) is 4.74 Å². The Morgan fingerprint density at radius 3 is 3.12 bits per heavy atom. The number of fused-ring (bicyclic) bond motifs is 1. The molecule has 3 heterocycles. The van der Waals surface area contributed by atoms with Crippen LogP contribution in [0.1, 0.15) is 0 Å². The van der Waals surface area contributed by atoms with Crippen LogP contribution in [0, 0.1) is 0 Å². The van der Waals surface area contributed by atoms with E-state index in [1.165, 1.54) is 0 Å². The molecule has 16 heavy (non-hydrogen) atoms. The van der Waals surface area contributed by atoms with E-state index in [2.05, 4.69) is 14.9 Å². The molecule has 0 atom stereocenters. The van der Waals surface area contributed by atoms with Gasteiger partial charge in [-0.3, -0.25) is 0 Å². The first-order chi connectivity index (χ1) is 7.83. The monoisotopic (exact) mass is 235 g/mol. The Balaban J connectivity index is 2.05. The van der Waals surface area contributed by atoms with Crippen LogP contribution in [0.25, 0.3) is 11.0 Å². The molecule has 1 aliphatic rings. The van der Waals surface area contributed by atoms with Crippen molar-refractivity contribution in [1.29, 1.82) is 0 Å². The Morgan fingerprint density at radius 1 is 1.38 bits per heavy atom. The number of aromatic nitrogens is 2. The predicted molar refractivity (Wildman–Crippen MR) is 62.7 cm³/mol. The van der Waals surface area contributed by atoms with Gasteiger partial charge >= 0.3 is 0 Å². The molecule has 1 aliphatic heterocycles. The fourth-order valence-corrected chi connectivity index (χ4v) is 1.91. The molecule has 82 valence electrons. The Kier molecular flexibility index (Phi) is 2.38. The number of nitrogens with zero attached hydrogens (tertiary/aromatic N) is 3. The molecular weight excluding hydrogens is 226 g/mol. The van der Waals surface area contributed by atoms with Gasteiger partial charge in [-0.25, -0.2) is 9.97 Å². The molecule has 2 aromatic rings. The molecule has 2 aromatic heterocycles. The highest BCUT2D eigenvalue weighted by Gasteiger charge is 2.14. The lowest BCUT2D eigenvalue weighted by Crippen LogP contribution is -2.19. The average molecular weight is 236 g/mol. The highest BCUT2D eigenvalue weighted by atomic mass is 35.5. The maximum Gasteiger partial charge on any atom is 0.161 e. The molecule has 0 aliphatic carbocycles. The molecule has 0 bridgehead atoms. The molecule has 1 saturated heterocycles. The zero-order valence-corrected chi connectivity index (χ0v) is 9.31. The average Bonchev–Trinajstić information content (AvgIpc) is 2.82. The lowest BCUT2D eigenvalue weighted by Gasteiger charge is -2.14. The van der Waals surface area contributed by atoms with E-state index in [0.29, 0.717) is 17.4 Å². The third-order valence-corrected chi connectivity index (χ3v) is 2.78. The fourth-order valence-electron chi connectivity index (χ4n) is 1.74. The van der Waals surface area contributed by atoms with Gasteiger partial charge in [0.15, 0.2) is 5.65 Å². The third kappa shape index (κ3) is 1.70. The summed E-state index contributed by atoms with van der Waals surface area (Å²) in [6.45, 7) is 2.24. The standard InChI is InChI=1S/C11H10ClN3O/c12-9-5-8-1-2-10(14-11(8)13-6-9)15-3-4-16-7-15/h1-2,5-6H,3-4,7H2. The lowest BCUT2D eigenvalue weighted by atomic mass is 10.3. The molecule has 0 unspecified atom stereocenters. The van der Waals surface area contributed by atoms with Crippen LogP contribution in [0.2, 0.25) is 5.02 Å². The van der Waals surface area contributed by atoms with Crippen molar-refractivity contribution in [2.75, 3.05) is 24.8 Å². The maximum absolute atomic E-state index is 5.86. The molecule has 4 nitrogen and oxygen atoms in total. The van der Waals surface area contributed by atoms with Crippen LogP contribution < -0.4 is 4.90 Å². The second-order valence-corrected chi connectivity index (χ2v) is 4.11. The van der Waals surface area contributed by atoms with Gasteiger partial charge < -0.3 is 9.64 Å². The van der Waals surface area contributed by atoms with Crippen LogP contribution in [-0.4, -0.2) is 29.9 Å². The van der Waals surface area contributed by atoms with E-state index in [1.54, 1.807) is 6.20 Å². The smallest absolute Gasteiger partial charge is 0.161 e. The van der Waals surface area contributed by atoms with Crippen molar-refractivity contribution in [3.05, 3.63) is 29.4 Å². The van der Waals surface area contributed by atoms with Gasteiger partial charge in [-0.1, -0.05) is 11.6 Å². The van der Waals surface area contributed by atoms with Crippen molar-refractivity contribution < 1.29 is 4.74 Å². The van der Waals surface area contributed by atoms with E-state index in [4.69, 9.17) is 16.3 Å². The summed E-state index contributed by atoms with van der Waals surface area (Å²) in [4.78, 5) is 10.8. The molecule has 0 saturated carbocycles. The van der Waals surface area contributed by atoms with Gasteiger partial charge in [0.1, 0.15) is 12.5 Å². The Bertz CT molecular complexity index is 526. The van der Waals surface area contributed by atoms with E-state index in [1.807, 2.05) is 18.2 Å². The molecule has 3 rings (SSSR count). The van der Waals surface area contributed by atoms with Crippen LogP contribution in [0.5, 0.6) is 0 Å². The Hall–Kier alpha value is -1.39. The third-order valence-electron chi connectivity index (χ3n) is 2.57. The van der Waals surface area contributed by atoms with E-state index in [0.717, 1.165) is 24.4 Å². The maximum atomic E-state index is 5.86. The number of ether oxygens (including phenoxy) is 1. The van der Waals surface area contributed by atoms with Crippen molar-refractivity contribution in [2.45, 2.75) is 0 Å². The van der Waals surface area contributed by atoms with Gasteiger partial charge in [-0.05, 0) is 18.2 Å². The Labute approximate surface area is 97.8 Å². The van der Waals surface area contributed by atoms with E-state index in [-0.39, 0.29) is 0 Å². The van der Waals surface area contributed by atoms with Crippen molar-refractivity contribution in [3.63, 3.8) is 0 Å². The van der Waals surface area contributed by atoms with Crippen LogP contribution in [0.3, 0.4) is 0 Å². The number of hydrogen-bond donors (Lipinski definition) is 0. The minimum absolute atomic E-state index is 0.603. The van der Waals surface area contributed by atoms with Crippen molar-refractivity contribution in [1.82, 2.24) is 9.97 Å². The highest BCUT2D eigenvalue weighted by molar-refractivity contribution is 6.31. The first kappa shape index (κ1) is 9.81. The zero-order valence-electron chi connectivity index (χ0n) is 8.56.